The third-order valence-electron chi connectivity index (χ3n) is 2.00. The number of aliphatic imine (C=N–C) groups is 2. The number of rotatable bonds is 0. The summed E-state index contributed by atoms with van der Waals surface area (Å²) in [5, 5.41) is 0. The minimum atomic E-state index is -0.185. The average Bonchev–Trinajstić information content (AvgIpc) is 1.81. The molecule has 0 aromatic rings. The summed E-state index contributed by atoms with van der Waals surface area (Å²) in [5.74, 6) is 0.828. The van der Waals surface area contributed by atoms with Crippen LogP contribution in [-0.2, 0) is 0 Å². The second kappa shape index (κ2) is 2.41. The van der Waals surface area contributed by atoms with Gasteiger partial charge in [-0.15, -0.1) is 0 Å². The lowest BCUT2D eigenvalue weighted by Crippen LogP contribution is -2.49. The fraction of sp³-hybridized carbons (Fsp3) is 0.750. The number of hydrogen-bond donors (Lipinski definition) is 1. The lowest BCUT2D eigenvalue weighted by Gasteiger charge is -2.30. The summed E-state index contributed by atoms with van der Waals surface area (Å²) < 4.78 is 0. The van der Waals surface area contributed by atoms with Crippen molar-refractivity contribution in [2.45, 2.75) is 39.3 Å². The molecule has 0 saturated carbocycles. The maximum Gasteiger partial charge on any atom is 0.120 e. The first-order valence-electron chi connectivity index (χ1n) is 3.81. The molecule has 1 atom stereocenters. The van der Waals surface area contributed by atoms with Crippen molar-refractivity contribution in [2.75, 3.05) is 0 Å². The first-order valence-corrected chi connectivity index (χ1v) is 3.81. The molecule has 1 rings (SSSR count). The molecule has 0 spiro atoms. The van der Waals surface area contributed by atoms with E-state index in [0.29, 0.717) is 0 Å². The smallest absolute Gasteiger partial charge is 0.120 e. The van der Waals surface area contributed by atoms with Gasteiger partial charge < -0.3 is 5.73 Å². The van der Waals surface area contributed by atoms with Crippen molar-refractivity contribution in [1.29, 1.82) is 0 Å². The molecule has 0 radical (unpaired) electrons. The molecule has 1 unspecified atom stereocenters. The maximum absolute atomic E-state index is 5.88. The van der Waals surface area contributed by atoms with E-state index in [4.69, 9.17) is 5.73 Å². The molecule has 1 aliphatic rings. The Labute approximate surface area is 67.4 Å². The zero-order valence-corrected chi connectivity index (χ0v) is 7.55. The normalized spacial score (nSPS) is 29.4. The highest BCUT2D eigenvalue weighted by molar-refractivity contribution is 6.01. The lowest BCUT2D eigenvalue weighted by molar-refractivity contribution is 0.477. The van der Waals surface area contributed by atoms with E-state index in [-0.39, 0.29) is 11.6 Å². The van der Waals surface area contributed by atoms with E-state index >= 15 is 0 Å². The SMILES string of the molecule is CC1=NC(C)(C)C(N)C(C)=N1. The molecule has 1 heterocycles. The lowest BCUT2D eigenvalue weighted by atomic mass is 9.91. The summed E-state index contributed by atoms with van der Waals surface area (Å²) in [6.45, 7) is 7.90. The molecule has 0 fully saturated rings. The number of nitrogens with zero attached hydrogens (tertiary/aromatic N) is 2. The predicted molar refractivity (Wildman–Crippen MR) is 48.3 cm³/mol. The van der Waals surface area contributed by atoms with Gasteiger partial charge in [-0.25, -0.2) is 4.99 Å². The van der Waals surface area contributed by atoms with Crippen molar-refractivity contribution in [3.63, 3.8) is 0 Å². The van der Waals surface area contributed by atoms with Crippen molar-refractivity contribution >= 4 is 11.5 Å². The molecule has 0 aromatic heterocycles. The molecular weight excluding hydrogens is 138 g/mol. The van der Waals surface area contributed by atoms with Gasteiger partial charge in [-0.1, -0.05) is 0 Å². The van der Waals surface area contributed by atoms with Gasteiger partial charge in [0, 0.05) is 5.71 Å². The van der Waals surface area contributed by atoms with E-state index in [0.717, 1.165) is 11.5 Å². The molecule has 11 heavy (non-hydrogen) atoms. The second-order valence-corrected chi connectivity index (χ2v) is 3.54. The van der Waals surface area contributed by atoms with Gasteiger partial charge in [0.15, 0.2) is 0 Å². The minimum Gasteiger partial charge on any atom is -0.321 e. The summed E-state index contributed by atoms with van der Waals surface area (Å²) in [5.41, 5.74) is 6.67. The molecule has 3 nitrogen and oxygen atoms in total. The van der Waals surface area contributed by atoms with Gasteiger partial charge in [-0.3, -0.25) is 4.99 Å². The van der Waals surface area contributed by atoms with Gasteiger partial charge in [-0.2, -0.15) is 0 Å². The van der Waals surface area contributed by atoms with Crippen molar-refractivity contribution in [3.8, 4) is 0 Å². The van der Waals surface area contributed by atoms with Gasteiger partial charge in [0.1, 0.15) is 5.84 Å². The van der Waals surface area contributed by atoms with Crippen LogP contribution in [-0.4, -0.2) is 23.1 Å². The van der Waals surface area contributed by atoms with Gasteiger partial charge in [0.2, 0.25) is 0 Å². The van der Waals surface area contributed by atoms with Crippen molar-refractivity contribution in [2.24, 2.45) is 15.7 Å². The van der Waals surface area contributed by atoms with E-state index < -0.39 is 0 Å². The quantitative estimate of drug-likeness (QED) is 0.554. The summed E-state index contributed by atoms with van der Waals surface area (Å²) in [4.78, 5) is 8.55. The van der Waals surface area contributed by atoms with Gasteiger partial charge in [-0.05, 0) is 27.7 Å². The molecule has 62 valence electrons. The zero-order chi connectivity index (χ0) is 8.65. The zero-order valence-electron chi connectivity index (χ0n) is 7.55. The monoisotopic (exact) mass is 153 g/mol. The van der Waals surface area contributed by atoms with Gasteiger partial charge in [0.05, 0.1) is 11.6 Å². The Hall–Kier alpha value is -0.700. The maximum atomic E-state index is 5.88. The van der Waals surface area contributed by atoms with Crippen LogP contribution in [0.3, 0.4) is 0 Å². The van der Waals surface area contributed by atoms with E-state index in [1.54, 1.807) is 0 Å². The predicted octanol–water partition coefficient (Wildman–Crippen LogP) is 0.985. The molecule has 0 amide bonds. The Balaban J connectivity index is 3.01. The molecule has 0 saturated heterocycles. The van der Waals surface area contributed by atoms with Crippen LogP contribution in [0.1, 0.15) is 27.7 Å². The third kappa shape index (κ3) is 1.48. The molecule has 0 aliphatic carbocycles. The van der Waals surface area contributed by atoms with Crippen molar-refractivity contribution < 1.29 is 0 Å². The van der Waals surface area contributed by atoms with Crippen LogP contribution in [0.15, 0.2) is 9.98 Å². The van der Waals surface area contributed by atoms with Crippen LogP contribution in [0.25, 0.3) is 0 Å². The first-order chi connectivity index (χ1) is 4.93. The molecular formula is C8H15N3. The summed E-state index contributed by atoms with van der Waals surface area (Å²) in [6, 6.07) is -0.0359. The Bertz CT molecular complexity index is 225. The Morgan fingerprint density at radius 3 is 2.36 bits per heavy atom. The van der Waals surface area contributed by atoms with Crippen LogP contribution in [0.5, 0.6) is 0 Å². The van der Waals surface area contributed by atoms with Crippen LogP contribution >= 0.6 is 0 Å². The number of nitrogens with two attached hydrogens (primary N) is 1. The molecule has 1 aliphatic heterocycles. The fourth-order valence-electron chi connectivity index (χ4n) is 1.35. The minimum absolute atomic E-state index is 0.0359. The van der Waals surface area contributed by atoms with Crippen molar-refractivity contribution in [3.05, 3.63) is 0 Å². The molecule has 0 bridgehead atoms. The Kier molecular flexibility index (Phi) is 1.84. The number of hydrogen-bond acceptors (Lipinski definition) is 3. The largest absolute Gasteiger partial charge is 0.321 e. The average molecular weight is 153 g/mol. The van der Waals surface area contributed by atoms with Crippen LogP contribution in [0.4, 0.5) is 0 Å². The second-order valence-electron chi connectivity index (χ2n) is 3.54. The van der Waals surface area contributed by atoms with Crippen LogP contribution < -0.4 is 5.73 Å². The molecule has 0 aromatic carbocycles. The molecule has 3 heteroatoms. The topological polar surface area (TPSA) is 50.7 Å². The summed E-state index contributed by atoms with van der Waals surface area (Å²) in [7, 11) is 0. The van der Waals surface area contributed by atoms with Gasteiger partial charge >= 0.3 is 0 Å². The van der Waals surface area contributed by atoms with Gasteiger partial charge in [0.25, 0.3) is 0 Å². The van der Waals surface area contributed by atoms with E-state index in [9.17, 15) is 0 Å². The first kappa shape index (κ1) is 8.40. The Morgan fingerprint density at radius 1 is 1.36 bits per heavy atom. The standard InChI is InChI=1S/C8H15N3/c1-5-7(9)8(3,4)11-6(2)10-5/h7H,9H2,1-4H3. The third-order valence-corrected chi connectivity index (χ3v) is 2.00. The highest BCUT2D eigenvalue weighted by atomic mass is 15.0. The molecule has 2 N–H and O–H groups in total. The number of amidine groups is 1. The highest BCUT2D eigenvalue weighted by Gasteiger charge is 2.30. The van der Waals surface area contributed by atoms with E-state index in [1.807, 2.05) is 27.7 Å². The van der Waals surface area contributed by atoms with Crippen LogP contribution in [0, 0.1) is 0 Å². The summed E-state index contributed by atoms with van der Waals surface area (Å²) >= 11 is 0. The van der Waals surface area contributed by atoms with E-state index in [1.165, 1.54) is 0 Å². The summed E-state index contributed by atoms with van der Waals surface area (Å²) in [6.07, 6.45) is 0. The highest BCUT2D eigenvalue weighted by Crippen LogP contribution is 2.18. The Morgan fingerprint density at radius 2 is 1.91 bits per heavy atom. The fourth-order valence-corrected chi connectivity index (χ4v) is 1.35. The van der Waals surface area contributed by atoms with E-state index in [2.05, 4.69) is 9.98 Å². The van der Waals surface area contributed by atoms with Crippen LogP contribution in [0.2, 0.25) is 0 Å². The van der Waals surface area contributed by atoms with Crippen molar-refractivity contribution in [1.82, 2.24) is 0 Å².